The van der Waals surface area contributed by atoms with Crippen LogP contribution in [0.3, 0.4) is 0 Å². The molecule has 0 unspecified atom stereocenters. The Hall–Kier alpha value is -2.28. The number of hydrogen-bond donors (Lipinski definition) is 2. The summed E-state index contributed by atoms with van der Waals surface area (Å²) in [4.78, 5) is 4.28. The quantitative estimate of drug-likeness (QED) is 0.800. The minimum atomic E-state index is -3.68. The van der Waals surface area contributed by atoms with Crippen LogP contribution in [0.4, 0.5) is 11.5 Å². The normalized spacial score (nSPS) is 11.6. The third kappa shape index (κ3) is 5.13. The molecule has 7 heteroatoms. The molecule has 0 atom stereocenters. The summed E-state index contributed by atoms with van der Waals surface area (Å²) >= 11 is 0. The van der Waals surface area contributed by atoms with Crippen LogP contribution in [-0.4, -0.2) is 25.5 Å². The fourth-order valence-electron chi connectivity index (χ4n) is 2.04. The van der Waals surface area contributed by atoms with Crippen molar-refractivity contribution < 1.29 is 13.2 Å². The zero-order valence-electron chi connectivity index (χ0n) is 14.3. The number of hydrogen-bond acceptors (Lipinski definition) is 5. The average Bonchev–Trinajstić information content (AvgIpc) is 2.48. The predicted octanol–water partition coefficient (Wildman–Crippen LogP) is 3.49. The van der Waals surface area contributed by atoms with Crippen LogP contribution in [0.2, 0.25) is 0 Å². The van der Waals surface area contributed by atoms with Crippen LogP contribution < -0.4 is 14.8 Å². The lowest BCUT2D eigenvalue weighted by atomic mass is 10.3. The molecular formula is C17H23N3O3S. The summed E-state index contributed by atoms with van der Waals surface area (Å²) < 4.78 is 32.8. The lowest BCUT2D eigenvalue weighted by Crippen LogP contribution is -2.14. The van der Waals surface area contributed by atoms with Crippen LogP contribution in [0, 0.1) is 0 Å². The highest BCUT2D eigenvalue weighted by molar-refractivity contribution is 7.92. The molecule has 1 heterocycles. The Kier molecular flexibility index (Phi) is 5.66. The topological polar surface area (TPSA) is 80.3 Å². The van der Waals surface area contributed by atoms with Crippen LogP contribution in [0.1, 0.15) is 27.7 Å². The molecule has 1 aromatic heterocycles. The molecule has 0 aliphatic carbocycles. The van der Waals surface area contributed by atoms with Crippen molar-refractivity contribution in [3.05, 3.63) is 42.6 Å². The maximum absolute atomic E-state index is 12.4. The van der Waals surface area contributed by atoms with E-state index >= 15 is 0 Å². The van der Waals surface area contributed by atoms with Gasteiger partial charge in [-0.1, -0.05) is 0 Å². The summed E-state index contributed by atoms with van der Waals surface area (Å²) in [6, 6.07) is 9.97. The highest BCUT2D eigenvalue weighted by Gasteiger charge is 2.15. The fourth-order valence-corrected chi connectivity index (χ4v) is 3.05. The maximum atomic E-state index is 12.4. The van der Waals surface area contributed by atoms with Gasteiger partial charge in [-0.05, 0) is 64.1 Å². The van der Waals surface area contributed by atoms with Crippen molar-refractivity contribution in [3.63, 3.8) is 0 Å². The Labute approximate surface area is 143 Å². The second kappa shape index (κ2) is 7.53. The number of anilines is 2. The number of nitrogens with zero attached hydrogens (tertiary/aromatic N) is 1. The van der Waals surface area contributed by atoms with Crippen molar-refractivity contribution in [2.45, 2.75) is 44.7 Å². The molecule has 0 amide bonds. The van der Waals surface area contributed by atoms with Gasteiger partial charge in [0.05, 0.1) is 22.9 Å². The van der Waals surface area contributed by atoms with Gasteiger partial charge in [0.1, 0.15) is 11.6 Å². The van der Waals surface area contributed by atoms with Crippen molar-refractivity contribution >= 4 is 21.5 Å². The first-order valence-corrected chi connectivity index (χ1v) is 9.27. The van der Waals surface area contributed by atoms with E-state index in [2.05, 4.69) is 15.0 Å². The van der Waals surface area contributed by atoms with Gasteiger partial charge in [-0.2, -0.15) is 0 Å². The average molecular weight is 349 g/mol. The molecule has 6 nitrogen and oxygen atoms in total. The zero-order valence-corrected chi connectivity index (χ0v) is 15.1. The standard InChI is InChI=1S/C17H23N3O3S/c1-12(2)19-14-5-10-17(18-11-14)20-24(21,22)16-8-6-15(7-9-16)23-13(3)4/h5-13,19H,1-4H3,(H,18,20). The molecule has 0 spiro atoms. The summed E-state index contributed by atoms with van der Waals surface area (Å²) in [6.07, 6.45) is 1.63. The largest absolute Gasteiger partial charge is 0.491 e. The SMILES string of the molecule is CC(C)Nc1ccc(NS(=O)(=O)c2ccc(OC(C)C)cc2)nc1. The van der Waals surface area contributed by atoms with Crippen molar-refractivity contribution in [3.8, 4) is 5.75 Å². The summed E-state index contributed by atoms with van der Waals surface area (Å²) in [5.41, 5.74) is 0.836. The minimum absolute atomic E-state index is 0.0349. The van der Waals surface area contributed by atoms with Gasteiger partial charge in [0.2, 0.25) is 0 Å². The first kappa shape index (κ1) is 18.1. The van der Waals surface area contributed by atoms with Gasteiger partial charge < -0.3 is 10.1 Å². The van der Waals surface area contributed by atoms with Crippen LogP contribution in [0.15, 0.2) is 47.5 Å². The zero-order chi connectivity index (χ0) is 17.7. The maximum Gasteiger partial charge on any atom is 0.263 e. The summed E-state index contributed by atoms with van der Waals surface area (Å²) in [7, 11) is -3.68. The Bertz CT molecular complexity index is 755. The molecule has 0 radical (unpaired) electrons. The van der Waals surface area contributed by atoms with Gasteiger partial charge in [0.15, 0.2) is 0 Å². The summed E-state index contributed by atoms with van der Waals surface area (Å²) in [5, 5.41) is 3.19. The second-order valence-corrected chi connectivity index (χ2v) is 7.66. The molecule has 0 fully saturated rings. The first-order valence-electron chi connectivity index (χ1n) is 7.78. The van der Waals surface area contributed by atoms with E-state index in [1.807, 2.05) is 27.7 Å². The van der Waals surface area contributed by atoms with Crippen LogP contribution >= 0.6 is 0 Å². The molecule has 1 aromatic carbocycles. The van der Waals surface area contributed by atoms with Gasteiger partial charge in [-0.25, -0.2) is 13.4 Å². The number of aromatic nitrogens is 1. The van der Waals surface area contributed by atoms with E-state index in [1.165, 1.54) is 12.1 Å². The Morgan fingerprint density at radius 3 is 2.17 bits per heavy atom. The fraction of sp³-hybridized carbons (Fsp3) is 0.353. The van der Waals surface area contributed by atoms with E-state index in [1.54, 1.807) is 30.5 Å². The van der Waals surface area contributed by atoms with E-state index < -0.39 is 10.0 Å². The Balaban J connectivity index is 2.10. The number of sulfonamides is 1. The third-order valence-electron chi connectivity index (χ3n) is 2.96. The number of ether oxygens (including phenoxy) is 1. The van der Waals surface area contributed by atoms with Crippen LogP contribution in [-0.2, 0) is 10.0 Å². The molecule has 2 aromatic rings. The molecule has 24 heavy (non-hydrogen) atoms. The lowest BCUT2D eigenvalue weighted by molar-refractivity contribution is 0.242. The van der Waals surface area contributed by atoms with E-state index in [4.69, 9.17) is 4.74 Å². The molecule has 2 rings (SSSR count). The van der Waals surface area contributed by atoms with E-state index in [-0.39, 0.29) is 22.9 Å². The third-order valence-corrected chi connectivity index (χ3v) is 4.33. The molecule has 0 aliphatic rings. The minimum Gasteiger partial charge on any atom is -0.491 e. The molecule has 2 N–H and O–H groups in total. The summed E-state index contributed by atoms with van der Waals surface area (Å²) in [5.74, 6) is 0.901. The monoisotopic (exact) mass is 349 g/mol. The van der Waals surface area contributed by atoms with E-state index in [0.717, 1.165) is 5.69 Å². The summed E-state index contributed by atoms with van der Waals surface area (Å²) in [6.45, 7) is 7.86. The first-order chi connectivity index (χ1) is 11.3. The second-order valence-electron chi connectivity index (χ2n) is 5.97. The van der Waals surface area contributed by atoms with Crippen molar-refractivity contribution in [2.75, 3.05) is 10.0 Å². The van der Waals surface area contributed by atoms with Crippen molar-refractivity contribution in [2.24, 2.45) is 0 Å². The Morgan fingerprint density at radius 2 is 1.67 bits per heavy atom. The predicted molar refractivity (Wildman–Crippen MR) is 96.0 cm³/mol. The van der Waals surface area contributed by atoms with E-state index in [0.29, 0.717) is 5.75 Å². The number of pyridine rings is 1. The smallest absolute Gasteiger partial charge is 0.263 e. The molecule has 130 valence electrons. The van der Waals surface area contributed by atoms with Gasteiger partial charge in [0.25, 0.3) is 10.0 Å². The highest BCUT2D eigenvalue weighted by Crippen LogP contribution is 2.20. The highest BCUT2D eigenvalue weighted by atomic mass is 32.2. The number of nitrogens with one attached hydrogen (secondary N) is 2. The number of rotatable bonds is 7. The van der Waals surface area contributed by atoms with Gasteiger partial charge >= 0.3 is 0 Å². The molecule has 0 saturated carbocycles. The molecule has 0 saturated heterocycles. The lowest BCUT2D eigenvalue weighted by Gasteiger charge is -2.12. The molecule has 0 bridgehead atoms. The molecular weight excluding hydrogens is 326 g/mol. The molecule has 0 aliphatic heterocycles. The Morgan fingerprint density at radius 1 is 1.00 bits per heavy atom. The van der Waals surface area contributed by atoms with Gasteiger partial charge in [-0.15, -0.1) is 0 Å². The number of benzene rings is 1. The van der Waals surface area contributed by atoms with Gasteiger partial charge in [0, 0.05) is 6.04 Å². The van der Waals surface area contributed by atoms with Gasteiger partial charge in [-0.3, -0.25) is 4.72 Å². The van der Waals surface area contributed by atoms with Crippen LogP contribution in [0.25, 0.3) is 0 Å². The van der Waals surface area contributed by atoms with Crippen molar-refractivity contribution in [1.82, 2.24) is 4.98 Å². The van der Waals surface area contributed by atoms with E-state index in [9.17, 15) is 8.42 Å². The van der Waals surface area contributed by atoms with Crippen LogP contribution in [0.5, 0.6) is 5.75 Å². The van der Waals surface area contributed by atoms with Crippen molar-refractivity contribution in [1.29, 1.82) is 0 Å².